The van der Waals surface area contributed by atoms with Crippen LogP contribution in [0.4, 0.5) is 13.2 Å². The lowest BCUT2D eigenvalue weighted by Gasteiger charge is -2.30. The minimum Gasteiger partial charge on any atom is -0.503 e. The number of halogens is 3. The van der Waals surface area contributed by atoms with Crippen molar-refractivity contribution in [3.63, 3.8) is 0 Å². The van der Waals surface area contributed by atoms with Crippen molar-refractivity contribution in [1.82, 2.24) is 10.3 Å². The van der Waals surface area contributed by atoms with E-state index in [2.05, 4.69) is 10.3 Å². The van der Waals surface area contributed by atoms with Gasteiger partial charge in [0, 0.05) is 18.3 Å². The number of pyridine rings is 1. The monoisotopic (exact) mass is 450 g/mol. The molecule has 2 aliphatic rings. The summed E-state index contributed by atoms with van der Waals surface area (Å²) in [5.41, 5.74) is -0.285. The van der Waals surface area contributed by atoms with Crippen molar-refractivity contribution >= 4 is 5.91 Å². The summed E-state index contributed by atoms with van der Waals surface area (Å²) in [7, 11) is 1.40. The molecule has 0 spiro atoms. The van der Waals surface area contributed by atoms with Crippen LogP contribution >= 0.6 is 0 Å². The molecule has 2 fully saturated rings. The lowest BCUT2D eigenvalue weighted by molar-refractivity contribution is -0.137. The number of hydrogen-bond acceptors (Lipinski definition) is 5. The predicted molar refractivity (Wildman–Crippen MR) is 109 cm³/mol. The number of hydrogen-bond donors (Lipinski definition) is 2. The third-order valence-corrected chi connectivity index (χ3v) is 6.44. The number of rotatable bonds is 7. The van der Waals surface area contributed by atoms with Crippen LogP contribution in [0, 0.1) is 17.8 Å². The van der Waals surface area contributed by atoms with Crippen LogP contribution in [-0.4, -0.2) is 35.8 Å². The molecule has 32 heavy (non-hydrogen) atoms. The number of aromatic nitrogens is 1. The fraction of sp³-hybridized carbons (Fsp3) is 0.478. The predicted octanol–water partition coefficient (Wildman–Crippen LogP) is 4.18. The van der Waals surface area contributed by atoms with Gasteiger partial charge in [-0.25, -0.2) is 4.98 Å². The van der Waals surface area contributed by atoms with Crippen LogP contribution in [0.5, 0.6) is 11.5 Å². The molecular weight excluding hydrogens is 425 g/mol. The summed E-state index contributed by atoms with van der Waals surface area (Å²) in [6.07, 6.45) is -0.176. The fourth-order valence-corrected chi connectivity index (χ4v) is 5.02. The summed E-state index contributed by atoms with van der Waals surface area (Å²) in [4.78, 5) is 16.6. The van der Waals surface area contributed by atoms with Crippen molar-refractivity contribution < 1.29 is 32.5 Å². The summed E-state index contributed by atoms with van der Waals surface area (Å²) in [5.74, 6) is 0.340. The number of carbonyl (C=O) groups excluding carboxylic acids is 1. The van der Waals surface area contributed by atoms with E-state index in [0.29, 0.717) is 18.1 Å². The van der Waals surface area contributed by atoms with Crippen molar-refractivity contribution in [2.75, 3.05) is 13.7 Å². The van der Waals surface area contributed by atoms with Gasteiger partial charge in [0.2, 0.25) is 0 Å². The number of alkyl halides is 3. The maximum atomic E-state index is 12.9. The number of aromatic hydroxyl groups is 1. The van der Waals surface area contributed by atoms with Gasteiger partial charge in [0.25, 0.3) is 5.91 Å². The van der Waals surface area contributed by atoms with Gasteiger partial charge in [0.1, 0.15) is 0 Å². The molecular formula is C23H25F3N2O4. The molecule has 1 aromatic carbocycles. The number of amides is 1. The van der Waals surface area contributed by atoms with Crippen molar-refractivity contribution in [1.29, 1.82) is 0 Å². The van der Waals surface area contributed by atoms with E-state index >= 15 is 0 Å². The van der Waals surface area contributed by atoms with Gasteiger partial charge in [0.05, 0.1) is 25.9 Å². The highest BCUT2D eigenvalue weighted by atomic mass is 19.4. The smallest absolute Gasteiger partial charge is 0.416 e. The Hall–Kier alpha value is -2.81. The van der Waals surface area contributed by atoms with E-state index in [1.54, 1.807) is 6.07 Å². The van der Waals surface area contributed by atoms with Crippen LogP contribution in [0.15, 0.2) is 36.5 Å². The SMILES string of the molecule is COc1ccnc(C(=O)N[C@H]2CC3CC2[C@H](COCc2cccc(C(F)(F)F)c2)C3)c1O. The van der Waals surface area contributed by atoms with Gasteiger partial charge in [-0.1, -0.05) is 12.1 Å². The number of methoxy groups -OCH3 is 1. The summed E-state index contributed by atoms with van der Waals surface area (Å²) in [6, 6.07) is 6.57. The van der Waals surface area contributed by atoms with Gasteiger partial charge in [-0.2, -0.15) is 13.2 Å². The van der Waals surface area contributed by atoms with E-state index in [0.717, 1.165) is 31.4 Å². The normalized spacial score (nSPS) is 24.5. The molecule has 1 amide bonds. The molecule has 0 radical (unpaired) electrons. The van der Waals surface area contributed by atoms with Gasteiger partial charge in [0.15, 0.2) is 17.2 Å². The van der Waals surface area contributed by atoms with Crippen molar-refractivity contribution in [2.24, 2.45) is 17.8 Å². The number of fused-ring (bicyclic) bond motifs is 2. The first-order valence-corrected chi connectivity index (χ1v) is 10.5. The molecule has 4 rings (SSSR count). The van der Waals surface area contributed by atoms with Crippen molar-refractivity contribution in [2.45, 2.75) is 38.1 Å². The van der Waals surface area contributed by atoms with Gasteiger partial charge in [-0.3, -0.25) is 4.79 Å². The quantitative estimate of drug-likeness (QED) is 0.662. The molecule has 1 aromatic heterocycles. The molecule has 0 aliphatic heterocycles. The average molecular weight is 450 g/mol. The summed E-state index contributed by atoms with van der Waals surface area (Å²) in [5, 5.41) is 13.2. The van der Waals surface area contributed by atoms with Gasteiger partial charge < -0.3 is 19.9 Å². The van der Waals surface area contributed by atoms with E-state index in [1.165, 1.54) is 25.4 Å². The maximum Gasteiger partial charge on any atom is 0.416 e. The Morgan fingerprint density at radius 2 is 2.06 bits per heavy atom. The van der Waals surface area contributed by atoms with Crippen LogP contribution in [0.25, 0.3) is 0 Å². The highest BCUT2D eigenvalue weighted by Gasteiger charge is 2.46. The molecule has 2 aromatic rings. The second-order valence-corrected chi connectivity index (χ2v) is 8.50. The minimum atomic E-state index is -4.38. The summed E-state index contributed by atoms with van der Waals surface area (Å²) < 4.78 is 49.4. The molecule has 2 saturated carbocycles. The number of carbonyl (C=O) groups is 1. The number of benzene rings is 1. The highest BCUT2D eigenvalue weighted by Crippen LogP contribution is 2.48. The van der Waals surface area contributed by atoms with E-state index < -0.39 is 17.6 Å². The van der Waals surface area contributed by atoms with Crippen molar-refractivity contribution in [3.05, 3.63) is 53.3 Å². The molecule has 6 nitrogen and oxygen atoms in total. The van der Waals surface area contributed by atoms with Crippen LogP contribution in [-0.2, 0) is 17.5 Å². The van der Waals surface area contributed by atoms with E-state index in [4.69, 9.17) is 9.47 Å². The van der Waals surface area contributed by atoms with E-state index in [9.17, 15) is 23.1 Å². The standard InChI is InChI=1S/C23H25F3N2O4/c1-31-19-5-6-27-20(21(19)29)22(30)28-18-10-14-7-15(17(18)9-14)12-32-11-13-3-2-4-16(8-13)23(24,25)26/h2-6,8,14-15,17-18,29H,7,9-12H2,1H3,(H,28,30)/t14?,15-,17?,18-/m0/s1. The third-order valence-electron chi connectivity index (χ3n) is 6.44. The fourth-order valence-electron chi connectivity index (χ4n) is 5.02. The molecule has 2 unspecified atom stereocenters. The number of ether oxygens (including phenoxy) is 2. The second-order valence-electron chi connectivity index (χ2n) is 8.50. The Bertz CT molecular complexity index is 982. The Morgan fingerprint density at radius 3 is 2.78 bits per heavy atom. The van der Waals surface area contributed by atoms with Gasteiger partial charge in [-0.05, 0) is 54.7 Å². The average Bonchev–Trinajstić information content (AvgIpc) is 3.33. The first kappa shape index (κ1) is 22.4. The Balaban J connectivity index is 1.33. The zero-order valence-electron chi connectivity index (χ0n) is 17.6. The molecule has 4 atom stereocenters. The van der Waals surface area contributed by atoms with Crippen LogP contribution in [0.3, 0.4) is 0 Å². The van der Waals surface area contributed by atoms with Gasteiger partial charge in [-0.15, -0.1) is 0 Å². The molecule has 2 N–H and O–H groups in total. The topological polar surface area (TPSA) is 80.7 Å². The van der Waals surface area contributed by atoms with Crippen LogP contribution < -0.4 is 10.1 Å². The summed E-state index contributed by atoms with van der Waals surface area (Å²) in [6.45, 7) is 0.531. The third kappa shape index (κ3) is 4.67. The Kier molecular flexibility index (Phi) is 6.28. The first-order chi connectivity index (χ1) is 15.3. The zero-order valence-corrected chi connectivity index (χ0v) is 17.6. The zero-order chi connectivity index (χ0) is 22.9. The summed E-state index contributed by atoms with van der Waals surface area (Å²) >= 11 is 0. The largest absolute Gasteiger partial charge is 0.503 e. The molecule has 9 heteroatoms. The van der Waals surface area contributed by atoms with E-state index in [1.807, 2.05) is 0 Å². The van der Waals surface area contributed by atoms with Crippen LogP contribution in [0.2, 0.25) is 0 Å². The minimum absolute atomic E-state index is 0.0594. The first-order valence-electron chi connectivity index (χ1n) is 10.5. The molecule has 2 aliphatic carbocycles. The lowest BCUT2D eigenvalue weighted by Crippen LogP contribution is -2.42. The van der Waals surface area contributed by atoms with E-state index in [-0.39, 0.29) is 41.7 Å². The molecule has 0 saturated heterocycles. The number of nitrogens with zero attached hydrogens (tertiary/aromatic N) is 1. The van der Waals surface area contributed by atoms with Crippen LogP contribution in [0.1, 0.15) is 40.9 Å². The molecule has 2 bridgehead atoms. The maximum absolute atomic E-state index is 12.9. The molecule has 172 valence electrons. The van der Waals surface area contributed by atoms with Crippen molar-refractivity contribution in [3.8, 4) is 11.5 Å². The Labute approximate surface area is 183 Å². The molecule has 1 heterocycles. The second kappa shape index (κ2) is 8.97. The van der Waals surface area contributed by atoms with Gasteiger partial charge >= 0.3 is 6.18 Å². The highest BCUT2D eigenvalue weighted by molar-refractivity contribution is 5.95. The lowest BCUT2D eigenvalue weighted by atomic mass is 9.85. The number of nitrogens with one attached hydrogen (secondary N) is 1. The Morgan fingerprint density at radius 1 is 1.25 bits per heavy atom.